The van der Waals surface area contributed by atoms with Crippen LogP contribution in [0, 0.1) is 0 Å². The van der Waals surface area contributed by atoms with Crippen molar-refractivity contribution in [2.75, 3.05) is 16.9 Å². The van der Waals surface area contributed by atoms with Crippen molar-refractivity contribution in [3.8, 4) is 5.75 Å². The molecule has 0 saturated carbocycles. The third-order valence-electron chi connectivity index (χ3n) is 2.45. The van der Waals surface area contributed by atoms with Gasteiger partial charge < -0.3 is 15.7 Å². The maximum atomic E-state index is 11.7. The molecular formula is C14H14N2O2S. The molecule has 2 aromatic carbocycles. The van der Waals surface area contributed by atoms with Crippen molar-refractivity contribution in [2.24, 2.45) is 0 Å². The lowest BCUT2D eigenvalue weighted by atomic mass is 10.3. The number of thioether (sulfide) groups is 1. The first kappa shape index (κ1) is 13.3. The van der Waals surface area contributed by atoms with Crippen LogP contribution in [-0.2, 0) is 0 Å². The molecule has 19 heavy (non-hydrogen) atoms. The molecule has 0 heterocycles. The second-order valence-electron chi connectivity index (χ2n) is 3.86. The number of urea groups is 1. The summed E-state index contributed by atoms with van der Waals surface area (Å²) in [5.74, 6) is 0.113. The molecule has 0 bridgehead atoms. The van der Waals surface area contributed by atoms with Crippen LogP contribution in [0.1, 0.15) is 0 Å². The first-order chi connectivity index (χ1) is 9.17. The molecule has 2 rings (SSSR count). The normalized spacial score (nSPS) is 9.95. The molecule has 0 radical (unpaired) electrons. The summed E-state index contributed by atoms with van der Waals surface area (Å²) in [5.41, 5.74) is 1.26. The van der Waals surface area contributed by atoms with Gasteiger partial charge in [0.25, 0.3) is 0 Å². The SMILES string of the molecule is CSc1ccc(NC(=O)Nc2cccc(O)c2)cc1. The highest BCUT2D eigenvalue weighted by Crippen LogP contribution is 2.18. The standard InChI is InChI=1S/C14H14N2O2S/c1-19-13-7-5-10(6-8-13)15-14(18)16-11-3-2-4-12(17)9-11/h2-9,17H,1H3,(H2,15,16,18). The molecule has 98 valence electrons. The highest BCUT2D eigenvalue weighted by molar-refractivity contribution is 7.98. The van der Waals surface area contributed by atoms with Crippen molar-refractivity contribution in [1.82, 2.24) is 0 Å². The summed E-state index contributed by atoms with van der Waals surface area (Å²) in [6.07, 6.45) is 2.00. The molecule has 3 N–H and O–H groups in total. The topological polar surface area (TPSA) is 61.4 Å². The van der Waals surface area contributed by atoms with E-state index in [1.165, 1.54) is 6.07 Å². The highest BCUT2D eigenvalue weighted by atomic mass is 32.2. The lowest BCUT2D eigenvalue weighted by Crippen LogP contribution is -2.19. The Kier molecular flexibility index (Phi) is 4.30. The maximum absolute atomic E-state index is 11.7. The molecule has 5 heteroatoms. The summed E-state index contributed by atoms with van der Waals surface area (Å²) in [4.78, 5) is 12.9. The van der Waals surface area contributed by atoms with Gasteiger partial charge in [0.05, 0.1) is 0 Å². The van der Waals surface area contributed by atoms with Crippen LogP contribution in [0.15, 0.2) is 53.4 Å². The summed E-state index contributed by atoms with van der Waals surface area (Å²) in [7, 11) is 0. The molecule has 0 aliphatic carbocycles. The van der Waals surface area contributed by atoms with Gasteiger partial charge >= 0.3 is 6.03 Å². The Morgan fingerprint density at radius 3 is 2.37 bits per heavy atom. The monoisotopic (exact) mass is 274 g/mol. The van der Waals surface area contributed by atoms with Crippen molar-refractivity contribution in [1.29, 1.82) is 0 Å². The average Bonchev–Trinajstić information content (AvgIpc) is 2.39. The van der Waals surface area contributed by atoms with Crippen LogP contribution in [-0.4, -0.2) is 17.4 Å². The van der Waals surface area contributed by atoms with Gasteiger partial charge in [-0.1, -0.05) is 6.07 Å². The minimum atomic E-state index is -0.345. The van der Waals surface area contributed by atoms with E-state index < -0.39 is 0 Å². The molecule has 4 nitrogen and oxygen atoms in total. The van der Waals surface area contributed by atoms with Gasteiger partial charge in [0.1, 0.15) is 5.75 Å². The van der Waals surface area contributed by atoms with Gasteiger partial charge in [-0.15, -0.1) is 11.8 Å². The fourth-order valence-electron chi connectivity index (χ4n) is 1.55. The number of aromatic hydroxyl groups is 1. The summed E-state index contributed by atoms with van der Waals surface area (Å²) >= 11 is 1.64. The predicted octanol–water partition coefficient (Wildman–Crippen LogP) is 3.76. The third kappa shape index (κ3) is 3.93. The van der Waals surface area contributed by atoms with E-state index in [9.17, 15) is 9.90 Å². The Balaban J connectivity index is 1.97. The quantitative estimate of drug-likeness (QED) is 0.747. The second kappa shape index (κ2) is 6.15. The zero-order valence-electron chi connectivity index (χ0n) is 10.4. The molecule has 0 atom stereocenters. The number of phenols is 1. The van der Waals surface area contributed by atoms with Crippen molar-refractivity contribution in [3.63, 3.8) is 0 Å². The van der Waals surface area contributed by atoms with E-state index in [0.717, 1.165) is 10.6 Å². The fraction of sp³-hybridized carbons (Fsp3) is 0.0714. The molecule has 0 aliphatic heterocycles. The molecule has 2 amide bonds. The Morgan fingerprint density at radius 2 is 1.74 bits per heavy atom. The molecule has 0 aromatic heterocycles. The lowest BCUT2D eigenvalue weighted by Gasteiger charge is -2.08. The van der Waals surface area contributed by atoms with Crippen LogP contribution in [0.5, 0.6) is 5.75 Å². The van der Waals surface area contributed by atoms with Gasteiger partial charge in [-0.2, -0.15) is 0 Å². The molecule has 0 spiro atoms. The number of carbonyl (C=O) groups excluding carboxylic acids is 1. The zero-order chi connectivity index (χ0) is 13.7. The van der Waals surface area contributed by atoms with E-state index in [0.29, 0.717) is 5.69 Å². The fourth-order valence-corrected chi connectivity index (χ4v) is 1.96. The average molecular weight is 274 g/mol. The summed E-state index contributed by atoms with van der Waals surface area (Å²) in [6, 6.07) is 13.6. The second-order valence-corrected chi connectivity index (χ2v) is 4.74. The largest absolute Gasteiger partial charge is 0.508 e. The van der Waals surface area contributed by atoms with Gasteiger partial charge in [0.15, 0.2) is 0 Å². The molecule has 0 fully saturated rings. The molecular weight excluding hydrogens is 260 g/mol. The lowest BCUT2D eigenvalue weighted by molar-refractivity contribution is 0.262. The molecule has 0 unspecified atom stereocenters. The minimum Gasteiger partial charge on any atom is -0.508 e. The smallest absolute Gasteiger partial charge is 0.323 e. The summed E-state index contributed by atoms with van der Waals surface area (Å²) in [6.45, 7) is 0. The van der Waals surface area contributed by atoms with Crippen LogP contribution in [0.4, 0.5) is 16.2 Å². The number of hydrogen-bond acceptors (Lipinski definition) is 3. The number of benzene rings is 2. The van der Waals surface area contributed by atoms with E-state index in [2.05, 4.69) is 10.6 Å². The van der Waals surface area contributed by atoms with Crippen molar-refractivity contribution < 1.29 is 9.90 Å². The van der Waals surface area contributed by atoms with Crippen LogP contribution in [0.25, 0.3) is 0 Å². The van der Waals surface area contributed by atoms with Gasteiger partial charge in [-0.05, 0) is 42.7 Å². The van der Waals surface area contributed by atoms with Gasteiger partial charge in [0, 0.05) is 22.3 Å². The van der Waals surface area contributed by atoms with Crippen molar-refractivity contribution in [3.05, 3.63) is 48.5 Å². The van der Waals surface area contributed by atoms with Gasteiger partial charge in [0.2, 0.25) is 0 Å². The Hall–Kier alpha value is -2.14. The number of anilines is 2. The van der Waals surface area contributed by atoms with Crippen molar-refractivity contribution in [2.45, 2.75) is 4.90 Å². The summed E-state index contributed by atoms with van der Waals surface area (Å²) in [5, 5.41) is 14.7. The number of rotatable bonds is 3. The van der Waals surface area contributed by atoms with Crippen molar-refractivity contribution >= 4 is 29.2 Å². The van der Waals surface area contributed by atoms with E-state index in [1.807, 2.05) is 30.5 Å². The van der Waals surface area contributed by atoms with Crippen LogP contribution >= 0.6 is 11.8 Å². The molecule has 0 aliphatic rings. The van der Waals surface area contributed by atoms with E-state index in [-0.39, 0.29) is 11.8 Å². The molecule has 2 aromatic rings. The highest BCUT2D eigenvalue weighted by Gasteiger charge is 2.03. The van der Waals surface area contributed by atoms with Crippen LogP contribution in [0.3, 0.4) is 0 Å². The van der Waals surface area contributed by atoms with Crippen LogP contribution < -0.4 is 10.6 Å². The number of phenolic OH excluding ortho intramolecular Hbond substituents is 1. The predicted molar refractivity (Wildman–Crippen MR) is 79.0 cm³/mol. The number of carbonyl (C=O) groups is 1. The number of amides is 2. The van der Waals surface area contributed by atoms with E-state index in [1.54, 1.807) is 30.0 Å². The number of nitrogens with one attached hydrogen (secondary N) is 2. The molecule has 0 saturated heterocycles. The Labute approximate surface area is 115 Å². The third-order valence-corrected chi connectivity index (χ3v) is 3.20. The summed E-state index contributed by atoms with van der Waals surface area (Å²) < 4.78 is 0. The van der Waals surface area contributed by atoms with Gasteiger partial charge in [-0.25, -0.2) is 4.79 Å². The van der Waals surface area contributed by atoms with Crippen LogP contribution in [0.2, 0.25) is 0 Å². The zero-order valence-corrected chi connectivity index (χ0v) is 11.2. The van der Waals surface area contributed by atoms with E-state index >= 15 is 0 Å². The van der Waals surface area contributed by atoms with E-state index in [4.69, 9.17) is 0 Å². The maximum Gasteiger partial charge on any atom is 0.323 e. The van der Waals surface area contributed by atoms with Gasteiger partial charge in [-0.3, -0.25) is 0 Å². The number of hydrogen-bond donors (Lipinski definition) is 3. The Bertz CT molecular complexity index is 570. The first-order valence-corrected chi connectivity index (χ1v) is 6.91. The minimum absolute atomic E-state index is 0.113. The Morgan fingerprint density at radius 1 is 1.05 bits per heavy atom. The first-order valence-electron chi connectivity index (χ1n) is 5.68.